The number of hydrogen-bond acceptors (Lipinski definition) is 2. The second-order valence-electron chi connectivity index (χ2n) is 6.12. The fraction of sp³-hybridized carbons (Fsp3) is 0.400. The molecule has 0 saturated heterocycles. The van der Waals surface area contributed by atoms with Crippen molar-refractivity contribution < 1.29 is 4.39 Å². The number of anilines is 1. The number of rotatable bonds is 2. The Morgan fingerprint density at radius 1 is 1.45 bits per heavy atom. The Morgan fingerprint density at radius 2 is 2.10 bits per heavy atom. The van der Waals surface area contributed by atoms with Gasteiger partial charge in [-0.2, -0.15) is 5.10 Å². The maximum absolute atomic E-state index is 14.3. The van der Waals surface area contributed by atoms with E-state index in [-0.39, 0.29) is 10.4 Å². The molecule has 3 rings (SSSR count). The van der Waals surface area contributed by atoms with Gasteiger partial charge in [-0.3, -0.25) is 4.68 Å². The summed E-state index contributed by atoms with van der Waals surface area (Å²) >= 11 is 5.88. The van der Waals surface area contributed by atoms with Crippen LogP contribution >= 0.6 is 11.6 Å². The highest BCUT2D eigenvalue weighted by Crippen LogP contribution is 2.60. The SMILES string of the molecule is Cn1nc(C2CC2(C)C)c(-c2cccc(Cl)c2F)c1N. The molecule has 1 aliphatic carbocycles. The molecule has 1 heterocycles. The standard InChI is InChI=1S/C15H17ClFN3/c1-15(2)7-9(15)13-11(14(18)20(3)19-13)8-5-4-6-10(16)12(8)17/h4-6,9H,7,18H2,1-3H3. The van der Waals surface area contributed by atoms with Crippen molar-refractivity contribution in [3.63, 3.8) is 0 Å². The van der Waals surface area contributed by atoms with Crippen LogP contribution in [0.15, 0.2) is 18.2 Å². The molecule has 1 unspecified atom stereocenters. The summed E-state index contributed by atoms with van der Waals surface area (Å²) < 4.78 is 15.9. The smallest absolute Gasteiger partial charge is 0.149 e. The van der Waals surface area contributed by atoms with E-state index in [0.29, 0.717) is 22.9 Å². The van der Waals surface area contributed by atoms with Gasteiger partial charge in [-0.05, 0) is 17.9 Å². The van der Waals surface area contributed by atoms with E-state index in [1.54, 1.807) is 23.9 Å². The largest absolute Gasteiger partial charge is 0.383 e. The quantitative estimate of drug-likeness (QED) is 0.910. The van der Waals surface area contributed by atoms with E-state index in [9.17, 15) is 4.39 Å². The van der Waals surface area contributed by atoms with Gasteiger partial charge in [0.2, 0.25) is 0 Å². The Bertz CT molecular complexity index is 691. The highest BCUT2D eigenvalue weighted by atomic mass is 35.5. The molecule has 1 saturated carbocycles. The van der Waals surface area contributed by atoms with Crippen LogP contribution in [0.5, 0.6) is 0 Å². The van der Waals surface area contributed by atoms with Gasteiger partial charge < -0.3 is 5.73 Å². The highest BCUT2D eigenvalue weighted by molar-refractivity contribution is 6.31. The summed E-state index contributed by atoms with van der Waals surface area (Å²) in [6.45, 7) is 4.36. The Labute approximate surface area is 122 Å². The van der Waals surface area contributed by atoms with Gasteiger partial charge in [0.15, 0.2) is 0 Å². The van der Waals surface area contributed by atoms with Crippen LogP contribution in [0.2, 0.25) is 5.02 Å². The Hall–Kier alpha value is -1.55. The van der Waals surface area contributed by atoms with E-state index >= 15 is 0 Å². The molecule has 3 nitrogen and oxygen atoms in total. The zero-order valence-electron chi connectivity index (χ0n) is 11.7. The lowest BCUT2D eigenvalue weighted by atomic mass is 9.99. The van der Waals surface area contributed by atoms with Gasteiger partial charge in [0, 0.05) is 18.5 Å². The minimum Gasteiger partial charge on any atom is -0.383 e. The van der Waals surface area contributed by atoms with Crippen LogP contribution in [0.25, 0.3) is 11.1 Å². The molecule has 2 N–H and O–H groups in total. The molecule has 0 radical (unpaired) electrons. The first kappa shape index (κ1) is 13.4. The predicted molar refractivity (Wildman–Crippen MR) is 79.2 cm³/mol. The van der Waals surface area contributed by atoms with Gasteiger partial charge in [-0.15, -0.1) is 0 Å². The lowest BCUT2D eigenvalue weighted by molar-refractivity contribution is 0.608. The molecule has 5 heteroatoms. The number of halogens is 2. The van der Waals surface area contributed by atoms with Crippen molar-refractivity contribution in [2.24, 2.45) is 12.5 Å². The average molecular weight is 294 g/mol. The third-order valence-electron chi connectivity index (χ3n) is 4.18. The van der Waals surface area contributed by atoms with Gasteiger partial charge in [0.05, 0.1) is 16.3 Å². The van der Waals surface area contributed by atoms with Crippen molar-refractivity contribution in [3.8, 4) is 11.1 Å². The van der Waals surface area contributed by atoms with Crippen molar-refractivity contribution in [1.82, 2.24) is 9.78 Å². The first-order valence-electron chi connectivity index (χ1n) is 6.59. The molecular weight excluding hydrogens is 277 g/mol. The summed E-state index contributed by atoms with van der Waals surface area (Å²) in [6.07, 6.45) is 1.04. The Morgan fingerprint density at radius 3 is 2.70 bits per heavy atom. The molecule has 1 atom stereocenters. The zero-order valence-corrected chi connectivity index (χ0v) is 12.5. The van der Waals surface area contributed by atoms with Gasteiger partial charge in [0.1, 0.15) is 11.6 Å². The number of hydrogen-bond donors (Lipinski definition) is 1. The summed E-state index contributed by atoms with van der Waals surface area (Å²) in [5.74, 6) is 0.358. The summed E-state index contributed by atoms with van der Waals surface area (Å²) in [7, 11) is 1.78. The maximum Gasteiger partial charge on any atom is 0.149 e. The molecule has 1 aliphatic rings. The number of nitrogens with two attached hydrogens (primary N) is 1. The molecule has 0 bridgehead atoms. The number of benzene rings is 1. The number of nitrogen functional groups attached to an aromatic ring is 1. The van der Waals surface area contributed by atoms with Gasteiger partial charge in [0.25, 0.3) is 0 Å². The number of aromatic nitrogens is 2. The predicted octanol–water partition coefficient (Wildman–Crippen LogP) is 3.98. The molecule has 20 heavy (non-hydrogen) atoms. The summed E-state index contributed by atoms with van der Waals surface area (Å²) in [5.41, 5.74) is 8.28. The van der Waals surface area contributed by atoms with Crippen molar-refractivity contribution in [2.45, 2.75) is 26.2 Å². The van der Waals surface area contributed by atoms with E-state index in [1.807, 2.05) is 0 Å². The van der Waals surface area contributed by atoms with E-state index in [1.165, 1.54) is 6.07 Å². The second-order valence-corrected chi connectivity index (χ2v) is 6.52. The van der Waals surface area contributed by atoms with Crippen molar-refractivity contribution >= 4 is 17.4 Å². The van der Waals surface area contributed by atoms with Crippen LogP contribution in [-0.2, 0) is 7.05 Å². The third-order valence-corrected chi connectivity index (χ3v) is 4.47. The molecule has 0 amide bonds. The monoisotopic (exact) mass is 293 g/mol. The van der Waals surface area contributed by atoms with Crippen molar-refractivity contribution in [1.29, 1.82) is 0 Å². The molecule has 1 fully saturated rings. The maximum atomic E-state index is 14.3. The average Bonchev–Trinajstić information content (AvgIpc) is 2.91. The number of aryl methyl sites for hydroxylation is 1. The summed E-state index contributed by atoms with van der Waals surface area (Å²) in [5, 5.41) is 4.60. The first-order chi connectivity index (χ1) is 9.33. The Balaban J connectivity index is 2.21. The van der Waals surface area contributed by atoms with Crippen LogP contribution in [0, 0.1) is 11.2 Å². The molecule has 106 valence electrons. The topological polar surface area (TPSA) is 43.8 Å². The number of nitrogens with zero attached hydrogens (tertiary/aromatic N) is 2. The van der Waals surface area contributed by atoms with Crippen LogP contribution in [0.4, 0.5) is 10.2 Å². The highest BCUT2D eigenvalue weighted by Gasteiger charge is 2.49. The summed E-state index contributed by atoms with van der Waals surface area (Å²) in [6, 6.07) is 4.97. The van der Waals surface area contributed by atoms with E-state index < -0.39 is 5.82 Å². The minimum atomic E-state index is -0.437. The van der Waals surface area contributed by atoms with E-state index in [2.05, 4.69) is 18.9 Å². The fourth-order valence-electron chi connectivity index (χ4n) is 2.71. The minimum absolute atomic E-state index is 0.103. The Kier molecular flexibility index (Phi) is 2.83. The molecule has 0 aliphatic heterocycles. The third kappa shape index (κ3) is 1.90. The summed E-state index contributed by atoms with van der Waals surface area (Å²) in [4.78, 5) is 0. The van der Waals surface area contributed by atoms with E-state index in [4.69, 9.17) is 17.3 Å². The normalized spacial score (nSPS) is 20.1. The molecule has 0 spiro atoms. The first-order valence-corrected chi connectivity index (χ1v) is 6.97. The zero-order chi connectivity index (χ0) is 14.7. The van der Waals surface area contributed by atoms with Crippen LogP contribution in [0.1, 0.15) is 31.9 Å². The molecule has 2 aromatic rings. The molecular formula is C15H17ClFN3. The van der Waals surface area contributed by atoms with E-state index in [0.717, 1.165) is 12.1 Å². The second kappa shape index (κ2) is 4.22. The fourth-order valence-corrected chi connectivity index (χ4v) is 2.88. The van der Waals surface area contributed by atoms with Crippen molar-refractivity contribution in [3.05, 3.63) is 34.7 Å². The lowest BCUT2D eigenvalue weighted by Gasteiger charge is -2.07. The van der Waals surface area contributed by atoms with Crippen LogP contribution < -0.4 is 5.73 Å². The van der Waals surface area contributed by atoms with Crippen LogP contribution in [-0.4, -0.2) is 9.78 Å². The molecule has 1 aromatic carbocycles. The molecule has 1 aromatic heterocycles. The lowest BCUT2D eigenvalue weighted by Crippen LogP contribution is -1.98. The van der Waals surface area contributed by atoms with Gasteiger partial charge in [-0.25, -0.2) is 4.39 Å². The van der Waals surface area contributed by atoms with Crippen molar-refractivity contribution in [2.75, 3.05) is 5.73 Å². The van der Waals surface area contributed by atoms with Gasteiger partial charge in [-0.1, -0.05) is 37.6 Å². The van der Waals surface area contributed by atoms with Gasteiger partial charge >= 0.3 is 0 Å². The van der Waals surface area contributed by atoms with Crippen LogP contribution in [0.3, 0.4) is 0 Å².